The molecule has 3 rings (SSSR count). The van der Waals surface area contributed by atoms with Gasteiger partial charge in [-0.15, -0.1) is 12.4 Å². The van der Waals surface area contributed by atoms with Crippen molar-refractivity contribution in [1.29, 1.82) is 4.78 Å². The summed E-state index contributed by atoms with van der Waals surface area (Å²) in [7, 11) is -3.33. The zero-order chi connectivity index (χ0) is 20.5. The molecule has 0 radical (unpaired) electrons. The van der Waals surface area contributed by atoms with E-state index in [-0.39, 0.29) is 24.6 Å². The van der Waals surface area contributed by atoms with Crippen LogP contribution in [-0.2, 0) is 16.3 Å². The van der Waals surface area contributed by atoms with E-state index in [1.807, 2.05) is 25.1 Å². The fourth-order valence-corrected chi connectivity index (χ4v) is 4.36. The highest BCUT2D eigenvalue weighted by molar-refractivity contribution is 7.90. The lowest BCUT2D eigenvalue weighted by atomic mass is 9.95. The highest BCUT2D eigenvalue weighted by Gasteiger charge is 2.51. The maximum atomic E-state index is 15.1. The van der Waals surface area contributed by atoms with Crippen LogP contribution in [0.2, 0.25) is 0 Å². The molecule has 0 spiro atoms. The lowest BCUT2D eigenvalue weighted by Crippen LogP contribution is -2.51. The molecule has 1 heterocycles. The molecule has 0 bridgehead atoms. The summed E-state index contributed by atoms with van der Waals surface area (Å²) in [5, 5.41) is 2.70. The molecule has 160 valence electrons. The van der Waals surface area contributed by atoms with Crippen LogP contribution in [0.3, 0.4) is 0 Å². The van der Waals surface area contributed by atoms with E-state index in [1.54, 1.807) is 24.3 Å². The van der Waals surface area contributed by atoms with Gasteiger partial charge in [-0.25, -0.2) is 26.9 Å². The number of alkyl halides is 2. The Morgan fingerprint density at radius 3 is 2.62 bits per heavy atom. The summed E-state index contributed by atoms with van der Waals surface area (Å²) in [5.74, 6) is -3.71. The number of hydrogen-bond donors (Lipinski definition) is 3. The standard InChI is InChI=1S/C20H24F3N3OS.ClH/c1-3-28(24,27)26-19-17(25-12-20(19,22)23)11-15-8-5-9-16(18(15)21)14-7-4-6-13(2)10-14;/h4-10,17,19,25H,3,11-12H2,1-2H3,(H2,24,26,27);1H/t17-,19+,28?;/m0./s1. The monoisotopic (exact) mass is 447 g/mol. The van der Waals surface area contributed by atoms with Gasteiger partial charge in [0.2, 0.25) is 0 Å². The van der Waals surface area contributed by atoms with Crippen molar-refractivity contribution >= 4 is 22.3 Å². The Balaban J connectivity index is 0.00000300. The summed E-state index contributed by atoms with van der Waals surface area (Å²) < 4.78 is 65.7. The van der Waals surface area contributed by atoms with Crippen molar-refractivity contribution in [1.82, 2.24) is 10.0 Å². The number of rotatable bonds is 6. The van der Waals surface area contributed by atoms with Crippen LogP contribution >= 0.6 is 12.4 Å². The SMILES string of the molecule is CCS(=N)(=O)N[C@@H]1[C@H](Cc2cccc(-c3cccc(C)c3)c2F)NCC1(F)F.Cl. The van der Waals surface area contributed by atoms with E-state index in [2.05, 4.69) is 10.0 Å². The molecule has 0 saturated carbocycles. The Bertz CT molecular complexity index is 969. The van der Waals surface area contributed by atoms with Gasteiger partial charge in [-0.1, -0.05) is 55.0 Å². The van der Waals surface area contributed by atoms with Gasteiger partial charge >= 0.3 is 0 Å². The average molecular weight is 448 g/mol. The second-order valence-electron chi connectivity index (χ2n) is 7.16. The second kappa shape index (κ2) is 9.04. The third-order valence-corrected chi connectivity index (χ3v) is 6.48. The summed E-state index contributed by atoms with van der Waals surface area (Å²) >= 11 is 0. The molecule has 29 heavy (non-hydrogen) atoms. The Kier molecular flexibility index (Phi) is 7.37. The highest BCUT2D eigenvalue weighted by Crippen LogP contribution is 2.31. The molecule has 1 aliphatic rings. The van der Waals surface area contributed by atoms with E-state index in [0.29, 0.717) is 11.1 Å². The Morgan fingerprint density at radius 1 is 1.28 bits per heavy atom. The first-order chi connectivity index (χ1) is 13.1. The van der Waals surface area contributed by atoms with Gasteiger partial charge in [0.25, 0.3) is 5.92 Å². The molecule has 3 atom stereocenters. The lowest BCUT2D eigenvalue weighted by Gasteiger charge is -2.25. The smallest absolute Gasteiger partial charge is 0.277 e. The average Bonchev–Trinajstić information content (AvgIpc) is 2.91. The topological polar surface area (TPSA) is 65.0 Å². The van der Waals surface area contributed by atoms with Crippen molar-refractivity contribution in [2.24, 2.45) is 0 Å². The number of benzene rings is 2. The summed E-state index contributed by atoms with van der Waals surface area (Å²) in [6, 6.07) is 10.0. The first kappa shape index (κ1) is 23.7. The van der Waals surface area contributed by atoms with Gasteiger partial charge in [0, 0.05) is 17.4 Å². The van der Waals surface area contributed by atoms with Crippen molar-refractivity contribution in [3.63, 3.8) is 0 Å². The number of hydrogen-bond acceptors (Lipinski definition) is 3. The van der Waals surface area contributed by atoms with Crippen LogP contribution < -0.4 is 10.0 Å². The first-order valence-corrected chi connectivity index (χ1v) is 10.8. The molecule has 1 saturated heterocycles. The third-order valence-electron chi connectivity index (χ3n) is 5.03. The molecular weight excluding hydrogens is 423 g/mol. The van der Waals surface area contributed by atoms with Gasteiger partial charge in [0.15, 0.2) is 0 Å². The third kappa shape index (κ3) is 5.31. The Morgan fingerprint density at radius 2 is 1.97 bits per heavy atom. The number of nitrogens with one attached hydrogen (secondary N) is 3. The second-order valence-corrected chi connectivity index (χ2v) is 9.32. The zero-order valence-electron chi connectivity index (χ0n) is 16.2. The molecule has 1 fully saturated rings. The minimum absolute atomic E-state index is 0. The Labute approximate surface area is 175 Å². The van der Waals surface area contributed by atoms with Crippen molar-refractivity contribution in [2.75, 3.05) is 12.3 Å². The van der Waals surface area contributed by atoms with Crippen LogP contribution in [0.15, 0.2) is 42.5 Å². The maximum absolute atomic E-state index is 15.1. The molecule has 0 amide bonds. The first-order valence-electron chi connectivity index (χ1n) is 9.12. The van der Waals surface area contributed by atoms with Gasteiger partial charge in [-0.3, -0.25) is 0 Å². The molecule has 3 N–H and O–H groups in total. The number of halogens is 4. The molecule has 0 aliphatic carbocycles. The summed E-state index contributed by atoms with van der Waals surface area (Å²) in [5.41, 5.74) is 2.43. The zero-order valence-corrected chi connectivity index (χ0v) is 17.8. The van der Waals surface area contributed by atoms with Gasteiger partial charge in [0.05, 0.1) is 6.54 Å². The number of aryl methyl sites for hydroxylation is 1. The Hall–Kier alpha value is -1.61. The minimum Gasteiger partial charge on any atom is -0.306 e. The summed E-state index contributed by atoms with van der Waals surface area (Å²) in [4.78, 5) is 0. The van der Waals surface area contributed by atoms with E-state index in [1.165, 1.54) is 6.92 Å². The fraction of sp³-hybridized carbons (Fsp3) is 0.400. The van der Waals surface area contributed by atoms with Crippen LogP contribution in [0.5, 0.6) is 0 Å². The molecule has 4 nitrogen and oxygen atoms in total. The van der Waals surface area contributed by atoms with Crippen LogP contribution in [0, 0.1) is 17.5 Å². The molecule has 2 aromatic rings. The maximum Gasteiger partial charge on any atom is 0.277 e. The molecular formula is C20H25ClF3N3OS. The molecule has 2 aromatic carbocycles. The largest absolute Gasteiger partial charge is 0.306 e. The lowest BCUT2D eigenvalue weighted by molar-refractivity contribution is -0.000625. The van der Waals surface area contributed by atoms with Crippen LogP contribution in [0.4, 0.5) is 13.2 Å². The van der Waals surface area contributed by atoms with Crippen LogP contribution in [0.25, 0.3) is 11.1 Å². The van der Waals surface area contributed by atoms with Gasteiger partial charge in [0.1, 0.15) is 21.8 Å². The van der Waals surface area contributed by atoms with Gasteiger partial charge < -0.3 is 5.32 Å². The van der Waals surface area contributed by atoms with Crippen molar-refractivity contribution in [3.05, 3.63) is 59.4 Å². The van der Waals surface area contributed by atoms with Crippen molar-refractivity contribution < 1.29 is 17.4 Å². The summed E-state index contributed by atoms with van der Waals surface area (Å²) in [6.07, 6.45) is -0.00200. The van der Waals surface area contributed by atoms with Crippen molar-refractivity contribution in [2.45, 2.75) is 38.3 Å². The van der Waals surface area contributed by atoms with Crippen LogP contribution in [0.1, 0.15) is 18.1 Å². The van der Waals surface area contributed by atoms with E-state index < -0.39 is 40.3 Å². The van der Waals surface area contributed by atoms with E-state index >= 15 is 4.39 Å². The van der Waals surface area contributed by atoms with Crippen LogP contribution in [-0.4, -0.2) is 34.5 Å². The molecule has 1 aliphatic heterocycles. The van der Waals surface area contributed by atoms with E-state index in [4.69, 9.17) is 4.78 Å². The van der Waals surface area contributed by atoms with E-state index in [9.17, 15) is 13.0 Å². The predicted molar refractivity (Wildman–Crippen MR) is 113 cm³/mol. The molecule has 0 aromatic heterocycles. The minimum atomic E-state index is -3.33. The van der Waals surface area contributed by atoms with Crippen molar-refractivity contribution in [3.8, 4) is 11.1 Å². The van der Waals surface area contributed by atoms with Gasteiger partial charge in [-0.2, -0.15) is 0 Å². The fourth-order valence-electron chi connectivity index (χ4n) is 3.45. The van der Waals surface area contributed by atoms with E-state index in [0.717, 1.165) is 11.1 Å². The normalized spacial score (nSPS) is 22.7. The predicted octanol–water partition coefficient (Wildman–Crippen LogP) is 4.31. The highest BCUT2D eigenvalue weighted by atomic mass is 35.5. The quantitative estimate of drug-likeness (QED) is 0.617. The molecule has 9 heteroatoms. The molecule has 1 unspecified atom stereocenters. The van der Waals surface area contributed by atoms with Gasteiger partial charge in [-0.05, 0) is 24.5 Å². The summed E-state index contributed by atoms with van der Waals surface area (Å²) in [6.45, 7) is 2.81.